The number of rotatable bonds is 4. The molecule has 2 nitrogen and oxygen atoms in total. The number of hydrogen-bond acceptors (Lipinski definition) is 2. The molecule has 4 heteroatoms. The van der Waals surface area contributed by atoms with Gasteiger partial charge in [-0.05, 0) is 55.3 Å². The van der Waals surface area contributed by atoms with Gasteiger partial charge in [-0.25, -0.2) is 4.39 Å². The summed E-state index contributed by atoms with van der Waals surface area (Å²) in [6.07, 6.45) is 4.21. The van der Waals surface area contributed by atoms with Crippen LogP contribution in [0.5, 0.6) is 0 Å². The van der Waals surface area contributed by atoms with E-state index in [0.717, 1.165) is 29.7 Å². The number of aromatic amines is 1. The van der Waals surface area contributed by atoms with Crippen molar-refractivity contribution in [2.24, 2.45) is 5.92 Å². The molecule has 1 N–H and O–H groups in total. The lowest BCUT2D eigenvalue weighted by Gasteiger charge is -2.47. The highest BCUT2D eigenvalue weighted by Crippen LogP contribution is 2.49. The first-order chi connectivity index (χ1) is 12.2. The number of nitrogens with zero attached hydrogens (tertiary/aromatic N) is 1. The SMILES string of the molecule is CSc1ccc(N2CC(F)(C3CC3)C2)c(-c2cc3ccccc3[nH]2)c1. The molecule has 1 aliphatic carbocycles. The van der Waals surface area contributed by atoms with Gasteiger partial charge in [0.2, 0.25) is 0 Å². The first-order valence-electron chi connectivity index (χ1n) is 8.86. The molecule has 25 heavy (non-hydrogen) atoms. The van der Waals surface area contributed by atoms with Gasteiger partial charge in [-0.15, -0.1) is 11.8 Å². The lowest BCUT2D eigenvalue weighted by atomic mass is 9.89. The van der Waals surface area contributed by atoms with Crippen LogP contribution < -0.4 is 4.90 Å². The molecule has 0 atom stereocenters. The standard InChI is InChI=1S/C21H21FN2S/c1-25-16-8-9-20(24-12-21(22,13-24)15-6-7-15)17(11-16)19-10-14-4-2-3-5-18(14)23-19/h2-5,8-11,15,23H,6-7,12-13H2,1H3. The summed E-state index contributed by atoms with van der Waals surface area (Å²) in [5, 5.41) is 1.21. The van der Waals surface area contributed by atoms with Crippen molar-refractivity contribution in [3.05, 3.63) is 48.5 Å². The maximum absolute atomic E-state index is 14.8. The van der Waals surface area contributed by atoms with Crippen LogP contribution in [0.4, 0.5) is 10.1 Å². The van der Waals surface area contributed by atoms with E-state index in [1.165, 1.54) is 15.8 Å². The van der Waals surface area contributed by atoms with E-state index in [1.807, 2.05) is 6.07 Å². The zero-order valence-electron chi connectivity index (χ0n) is 14.3. The highest BCUT2D eigenvalue weighted by atomic mass is 32.2. The summed E-state index contributed by atoms with van der Waals surface area (Å²) >= 11 is 1.74. The van der Waals surface area contributed by atoms with Crippen LogP contribution in [0.25, 0.3) is 22.2 Å². The number of benzene rings is 2. The third kappa shape index (κ3) is 2.54. The van der Waals surface area contributed by atoms with Gasteiger partial charge in [0.25, 0.3) is 0 Å². The number of H-pyrrole nitrogens is 1. The van der Waals surface area contributed by atoms with Crippen LogP contribution in [0.2, 0.25) is 0 Å². The van der Waals surface area contributed by atoms with Gasteiger partial charge < -0.3 is 9.88 Å². The molecule has 0 unspecified atom stereocenters. The predicted molar refractivity (Wildman–Crippen MR) is 104 cm³/mol. The number of anilines is 1. The molecule has 2 aromatic carbocycles. The summed E-state index contributed by atoms with van der Waals surface area (Å²) in [4.78, 5) is 6.96. The monoisotopic (exact) mass is 352 g/mol. The molecule has 2 fully saturated rings. The molecule has 0 amide bonds. The largest absolute Gasteiger partial charge is 0.364 e. The van der Waals surface area contributed by atoms with Gasteiger partial charge in [-0.1, -0.05) is 18.2 Å². The molecule has 2 heterocycles. The summed E-state index contributed by atoms with van der Waals surface area (Å²) < 4.78 is 14.8. The number of hydrogen-bond donors (Lipinski definition) is 1. The summed E-state index contributed by atoms with van der Waals surface area (Å²) in [6, 6.07) is 17.0. The fraction of sp³-hybridized carbons (Fsp3) is 0.333. The lowest BCUT2D eigenvalue weighted by molar-refractivity contribution is 0.0933. The zero-order chi connectivity index (χ0) is 17.0. The van der Waals surface area contributed by atoms with E-state index < -0.39 is 5.67 Å². The van der Waals surface area contributed by atoms with E-state index in [2.05, 4.69) is 58.6 Å². The second kappa shape index (κ2) is 5.53. The molecule has 3 aromatic rings. The highest BCUT2D eigenvalue weighted by molar-refractivity contribution is 7.98. The Hall–Kier alpha value is -1.94. The quantitative estimate of drug-likeness (QED) is 0.626. The van der Waals surface area contributed by atoms with Crippen molar-refractivity contribution in [3.63, 3.8) is 0 Å². The fourth-order valence-corrected chi connectivity index (χ4v) is 4.41. The molecule has 0 bridgehead atoms. The topological polar surface area (TPSA) is 19.0 Å². The molecule has 128 valence electrons. The van der Waals surface area contributed by atoms with Crippen LogP contribution in [0.15, 0.2) is 53.4 Å². The number of alkyl halides is 1. The summed E-state index contributed by atoms with van der Waals surface area (Å²) in [5.74, 6) is 0.297. The second-order valence-electron chi connectivity index (χ2n) is 7.32. The molecule has 0 radical (unpaired) electrons. The van der Waals surface area contributed by atoms with E-state index in [1.54, 1.807) is 11.8 Å². The normalized spacial score (nSPS) is 19.2. The average molecular weight is 352 g/mol. The Morgan fingerprint density at radius 3 is 2.64 bits per heavy atom. The predicted octanol–water partition coefficient (Wildman–Crippen LogP) is 5.50. The van der Waals surface area contributed by atoms with Crippen LogP contribution in [-0.2, 0) is 0 Å². The van der Waals surface area contributed by atoms with Crippen molar-refractivity contribution in [1.82, 2.24) is 4.98 Å². The summed E-state index contributed by atoms with van der Waals surface area (Å²) in [6.45, 7) is 1.06. The van der Waals surface area contributed by atoms with Crippen LogP contribution >= 0.6 is 11.8 Å². The minimum Gasteiger partial charge on any atom is -0.364 e. The summed E-state index contributed by atoms with van der Waals surface area (Å²) in [5.41, 5.74) is 3.59. The van der Waals surface area contributed by atoms with Gasteiger partial charge in [0.15, 0.2) is 0 Å². The van der Waals surface area contributed by atoms with Crippen LogP contribution in [-0.4, -0.2) is 30.0 Å². The zero-order valence-corrected chi connectivity index (χ0v) is 15.1. The van der Waals surface area contributed by atoms with Gasteiger partial charge >= 0.3 is 0 Å². The third-order valence-electron chi connectivity index (χ3n) is 5.58. The fourth-order valence-electron chi connectivity index (χ4n) is 3.97. The molecule has 1 aliphatic heterocycles. The van der Waals surface area contributed by atoms with E-state index in [9.17, 15) is 4.39 Å². The van der Waals surface area contributed by atoms with E-state index in [4.69, 9.17) is 0 Å². The number of fused-ring (bicyclic) bond motifs is 1. The van der Waals surface area contributed by atoms with Gasteiger partial charge in [-0.3, -0.25) is 0 Å². The molecule has 1 saturated carbocycles. The Morgan fingerprint density at radius 2 is 1.92 bits per heavy atom. The maximum Gasteiger partial charge on any atom is 0.148 e. The Labute approximate surface area is 151 Å². The Bertz CT molecular complexity index is 905. The van der Waals surface area contributed by atoms with Gasteiger partial charge in [0.05, 0.1) is 13.1 Å². The number of para-hydroxylation sites is 1. The summed E-state index contributed by atoms with van der Waals surface area (Å²) in [7, 11) is 0. The average Bonchev–Trinajstić information content (AvgIpc) is 3.37. The number of nitrogens with one attached hydrogen (secondary N) is 1. The van der Waals surface area contributed by atoms with E-state index in [-0.39, 0.29) is 0 Å². The molecule has 1 aromatic heterocycles. The van der Waals surface area contributed by atoms with Gasteiger partial charge in [0, 0.05) is 32.7 Å². The number of thioether (sulfide) groups is 1. The molecule has 2 aliphatic rings. The Kier molecular flexibility index (Phi) is 3.39. The molecule has 0 spiro atoms. The smallest absolute Gasteiger partial charge is 0.148 e. The van der Waals surface area contributed by atoms with Gasteiger partial charge in [0.1, 0.15) is 5.67 Å². The Morgan fingerprint density at radius 1 is 1.12 bits per heavy atom. The molecular weight excluding hydrogens is 331 g/mol. The second-order valence-corrected chi connectivity index (χ2v) is 8.20. The van der Waals surface area contributed by atoms with E-state index >= 15 is 0 Å². The van der Waals surface area contributed by atoms with Gasteiger partial charge in [-0.2, -0.15) is 0 Å². The number of aromatic nitrogens is 1. The molecular formula is C21H21FN2S. The van der Waals surface area contributed by atoms with Crippen molar-refractivity contribution in [1.29, 1.82) is 0 Å². The minimum absolute atomic E-state index is 0.297. The van der Waals surface area contributed by atoms with Crippen molar-refractivity contribution in [2.45, 2.75) is 23.4 Å². The lowest BCUT2D eigenvalue weighted by Crippen LogP contribution is -2.60. The van der Waals surface area contributed by atoms with Crippen LogP contribution in [0, 0.1) is 5.92 Å². The molecule has 1 saturated heterocycles. The van der Waals surface area contributed by atoms with Crippen molar-refractivity contribution in [2.75, 3.05) is 24.2 Å². The highest BCUT2D eigenvalue weighted by Gasteiger charge is 2.54. The maximum atomic E-state index is 14.8. The van der Waals surface area contributed by atoms with Crippen molar-refractivity contribution < 1.29 is 4.39 Å². The van der Waals surface area contributed by atoms with Crippen LogP contribution in [0.3, 0.4) is 0 Å². The van der Waals surface area contributed by atoms with Crippen molar-refractivity contribution in [3.8, 4) is 11.3 Å². The number of halogens is 1. The van der Waals surface area contributed by atoms with E-state index in [0.29, 0.717) is 19.0 Å². The van der Waals surface area contributed by atoms with Crippen LogP contribution in [0.1, 0.15) is 12.8 Å². The first-order valence-corrected chi connectivity index (χ1v) is 10.1. The third-order valence-corrected chi connectivity index (χ3v) is 6.31. The minimum atomic E-state index is -0.962. The Balaban J connectivity index is 1.55. The molecule has 5 rings (SSSR count). The first kappa shape index (κ1) is 15.3. The van der Waals surface area contributed by atoms with Crippen molar-refractivity contribution >= 4 is 28.4 Å².